The normalized spacial score (nSPS) is 10.3. The van der Waals surface area contributed by atoms with E-state index in [1.165, 1.54) is 0 Å². The lowest BCUT2D eigenvalue weighted by Gasteiger charge is -2.12. The molecule has 0 saturated carbocycles. The van der Waals surface area contributed by atoms with Crippen LogP contribution in [0.2, 0.25) is 0 Å². The summed E-state index contributed by atoms with van der Waals surface area (Å²) in [6.45, 7) is 4.78. The summed E-state index contributed by atoms with van der Waals surface area (Å²) < 4.78 is 5.77. The van der Waals surface area contributed by atoms with Crippen LogP contribution in [-0.4, -0.2) is 12.5 Å². The van der Waals surface area contributed by atoms with Gasteiger partial charge in [0.15, 0.2) is 0 Å². The molecule has 4 nitrogen and oxygen atoms in total. The summed E-state index contributed by atoms with van der Waals surface area (Å²) in [5.74, 6) is 0.720. The van der Waals surface area contributed by atoms with Crippen molar-refractivity contribution in [1.29, 1.82) is 0 Å². The van der Waals surface area contributed by atoms with Crippen LogP contribution in [0.25, 0.3) is 0 Å². The van der Waals surface area contributed by atoms with Crippen molar-refractivity contribution in [3.05, 3.63) is 89.5 Å². The van der Waals surface area contributed by atoms with Gasteiger partial charge in [0.1, 0.15) is 12.4 Å². The van der Waals surface area contributed by atoms with Crippen molar-refractivity contribution in [2.75, 3.05) is 17.2 Å². The Hall–Kier alpha value is -3.27. The Morgan fingerprint density at radius 2 is 1.63 bits per heavy atom. The monoisotopic (exact) mass is 360 g/mol. The van der Waals surface area contributed by atoms with Crippen LogP contribution >= 0.6 is 0 Å². The summed E-state index contributed by atoms with van der Waals surface area (Å²) in [6.07, 6.45) is 0. The highest BCUT2D eigenvalue weighted by molar-refractivity contribution is 5.94. The Bertz CT molecular complexity index is 890. The summed E-state index contributed by atoms with van der Waals surface area (Å²) >= 11 is 0. The van der Waals surface area contributed by atoms with E-state index < -0.39 is 0 Å². The summed E-state index contributed by atoms with van der Waals surface area (Å²) in [5, 5.41) is 6.08. The topological polar surface area (TPSA) is 50.4 Å². The average molecular weight is 360 g/mol. The molecule has 0 aliphatic heterocycles. The van der Waals surface area contributed by atoms with E-state index >= 15 is 0 Å². The molecule has 2 N–H and O–H groups in total. The molecule has 3 aromatic rings. The minimum Gasteiger partial charge on any atom is -0.489 e. The summed E-state index contributed by atoms with van der Waals surface area (Å²) in [5.41, 5.74) is 5.10. The SMILES string of the molecule is Cc1cccc(NC(=O)CNc2ccc(OCc3ccccc3)cc2)c1C. The maximum absolute atomic E-state index is 12.2. The third-order valence-corrected chi connectivity index (χ3v) is 4.43. The molecule has 0 heterocycles. The quantitative estimate of drug-likeness (QED) is 0.628. The molecular formula is C23H24N2O2. The van der Waals surface area contributed by atoms with Crippen molar-refractivity contribution in [3.8, 4) is 5.75 Å². The van der Waals surface area contributed by atoms with Crippen LogP contribution in [-0.2, 0) is 11.4 Å². The van der Waals surface area contributed by atoms with Gasteiger partial charge in [-0.1, -0.05) is 42.5 Å². The molecule has 0 aliphatic carbocycles. The number of ether oxygens (including phenoxy) is 1. The summed E-state index contributed by atoms with van der Waals surface area (Å²) in [7, 11) is 0. The molecule has 0 unspecified atom stereocenters. The number of carbonyl (C=O) groups excluding carboxylic acids is 1. The van der Waals surface area contributed by atoms with Gasteiger partial charge in [0.2, 0.25) is 5.91 Å². The van der Waals surface area contributed by atoms with Gasteiger partial charge < -0.3 is 15.4 Å². The van der Waals surface area contributed by atoms with Crippen LogP contribution in [0.1, 0.15) is 16.7 Å². The number of benzene rings is 3. The Balaban J connectivity index is 1.48. The van der Waals surface area contributed by atoms with Crippen molar-refractivity contribution >= 4 is 17.3 Å². The molecule has 0 aliphatic rings. The van der Waals surface area contributed by atoms with Crippen LogP contribution in [0.15, 0.2) is 72.8 Å². The summed E-state index contributed by atoms with van der Waals surface area (Å²) in [6, 6.07) is 23.5. The van der Waals surface area contributed by atoms with E-state index in [1.54, 1.807) is 0 Å². The van der Waals surface area contributed by atoms with Crippen LogP contribution in [0.5, 0.6) is 5.75 Å². The van der Waals surface area contributed by atoms with Crippen LogP contribution in [0, 0.1) is 13.8 Å². The third-order valence-electron chi connectivity index (χ3n) is 4.43. The zero-order chi connectivity index (χ0) is 19.1. The number of hydrogen-bond acceptors (Lipinski definition) is 3. The molecule has 3 aromatic carbocycles. The van der Waals surface area contributed by atoms with Gasteiger partial charge in [0.25, 0.3) is 0 Å². The molecule has 0 atom stereocenters. The van der Waals surface area contributed by atoms with Gasteiger partial charge in [0, 0.05) is 11.4 Å². The number of carbonyl (C=O) groups is 1. The average Bonchev–Trinajstić information content (AvgIpc) is 2.70. The molecular weight excluding hydrogens is 336 g/mol. The molecule has 0 fully saturated rings. The zero-order valence-corrected chi connectivity index (χ0v) is 15.7. The van der Waals surface area contributed by atoms with Gasteiger partial charge in [-0.15, -0.1) is 0 Å². The third kappa shape index (κ3) is 5.35. The predicted octanol–water partition coefficient (Wildman–Crippen LogP) is 4.93. The molecule has 0 bridgehead atoms. The molecule has 0 spiro atoms. The first-order chi connectivity index (χ1) is 13.1. The number of rotatable bonds is 7. The minimum atomic E-state index is -0.0758. The fraction of sp³-hybridized carbons (Fsp3) is 0.174. The maximum Gasteiger partial charge on any atom is 0.243 e. The van der Waals surface area contributed by atoms with Crippen LogP contribution in [0.4, 0.5) is 11.4 Å². The van der Waals surface area contributed by atoms with Gasteiger partial charge in [-0.05, 0) is 60.9 Å². The van der Waals surface area contributed by atoms with Crippen LogP contribution in [0.3, 0.4) is 0 Å². The Labute approximate surface area is 160 Å². The fourth-order valence-corrected chi connectivity index (χ4v) is 2.67. The van der Waals surface area contributed by atoms with E-state index in [0.29, 0.717) is 6.61 Å². The maximum atomic E-state index is 12.2. The largest absolute Gasteiger partial charge is 0.489 e. The van der Waals surface area contributed by atoms with Crippen molar-refractivity contribution in [2.45, 2.75) is 20.5 Å². The smallest absolute Gasteiger partial charge is 0.243 e. The first-order valence-electron chi connectivity index (χ1n) is 8.98. The summed E-state index contributed by atoms with van der Waals surface area (Å²) in [4.78, 5) is 12.2. The Morgan fingerprint density at radius 3 is 2.37 bits per heavy atom. The van der Waals surface area contributed by atoms with E-state index in [1.807, 2.05) is 86.6 Å². The minimum absolute atomic E-state index is 0.0758. The van der Waals surface area contributed by atoms with E-state index in [2.05, 4.69) is 10.6 Å². The Kier molecular flexibility index (Phi) is 6.10. The number of anilines is 2. The van der Waals surface area contributed by atoms with Gasteiger partial charge >= 0.3 is 0 Å². The molecule has 27 heavy (non-hydrogen) atoms. The highest BCUT2D eigenvalue weighted by Gasteiger charge is 2.06. The molecule has 1 amide bonds. The van der Waals surface area contributed by atoms with E-state index in [0.717, 1.165) is 33.8 Å². The van der Waals surface area contributed by atoms with Gasteiger partial charge in [-0.3, -0.25) is 4.79 Å². The molecule has 138 valence electrons. The van der Waals surface area contributed by atoms with Crippen molar-refractivity contribution in [1.82, 2.24) is 0 Å². The number of hydrogen-bond donors (Lipinski definition) is 2. The highest BCUT2D eigenvalue weighted by atomic mass is 16.5. The lowest BCUT2D eigenvalue weighted by Crippen LogP contribution is -2.22. The molecule has 3 rings (SSSR count). The van der Waals surface area contributed by atoms with Gasteiger partial charge in [-0.2, -0.15) is 0 Å². The number of nitrogens with one attached hydrogen (secondary N) is 2. The molecule has 0 radical (unpaired) electrons. The first-order valence-corrected chi connectivity index (χ1v) is 8.98. The number of amides is 1. The van der Waals surface area contributed by atoms with Gasteiger partial charge in [0.05, 0.1) is 6.54 Å². The lowest BCUT2D eigenvalue weighted by atomic mass is 10.1. The lowest BCUT2D eigenvalue weighted by molar-refractivity contribution is -0.114. The second-order valence-electron chi connectivity index (χ2n) is 6.45. The van der Waals surface area contributed by atoms with Crippen LogP contribution < -0.4 is 15.4 Å². The zero-order valence-electron chi connectivity index (χ0n) is 15.7. The standard InChI is InChI=1S/C23H24N2O2/c1-17-7-6-10-22(18(17)2)25-23(26)15-24-20-11-13-21(14-12-20)27-16-19-8-4-3-5-9-19/h3-14,24H,15-16H2,1-2H3,(H,25,26). The molecule has 0 aromatic heterocycles. The highest BCUT2D eigenvalue weighted by Crippen LogP contribution is 2.19. The van der Waals surface area contributed by atoms with Crippen molar-refractivity contribution < 1.29 is 9.53 Å². The first kappa shape index (κ1) is 18.5. The van der Waals surface area contributed by atoms with E-state index in [-0.39, 0.29) is 12.5 Å². The van der Waals surface area contributed by atoms with Crippen molar-refractivity contribution in [2.24, 2.45) is 0 Å². The van der Waals surface area contributed by atoms with E-state index in [9.17, 15) is 4.79 Å². The number of aryl methyl sites for hydroxylation is 1. The molecule has 0 saturated heterocycles. The second-order valence-corrected chi connectivity index (χ2v) is 6.45. The van der Waals surface area contributed by atoms with E-state index in [4.69, 9.17) is 4.74 Å². The Morgan fingerprint density at radius 1 is 0.889 bits per heavy atom. The van der Waals surface area contributed by atoms with Gasteiger partial charge in [-0.25, -0.2) is 0 Å². The fourth-order valence-electron chi connectivity index (χ4n) is 2.67. The van der Waals surface area contributed by atoms with Crippen molar-refractivity contribution in [3.63, 3.8) is 0 Å². The molecule has 4 heteroatoms. The second kappa shape index (κ2) is 8.90. The predicted molar refractivity (Wildman–Crippen MR) is 110 cm³/mol.